The molecule has 0 atom stereocenters. The van der Waals surface area contributed by atoms with E-state index in [4.69, 9.17) is 5.84 Å². The van der Waals surface area contributed by atoms with Crippen molar-refractivity contribution in [2.45, 2.75) is 32.5 Å². The number of nitrogen functional groups attached to an aromatic ring is 1. The van der Waals surface area contributed by atoms with E-state index >= 15 is 0 Å². The summed E-state index contributed by atoms with van der Waals surface area (Å²) in [5, 5.41) is 5.15. The number of hydrogen-bond acceptors (Lipinski definition) is 6. The van der Waals surface area contributed by atoms with E-state index in [1.54, 1.807) is 20.8 Å². The lowest BCUT2D eigenvalue weighted by atomic mass is 10.1. The number of nitrogens with zero attached hydrogens (tertiary/aromatic N) is 2. The molecule has 5 N–H and O–H groups in total. The number of hydrogen-bond donors (Lipinski definition) is 4. The van der Waals surface area contributed by atoms with E-state index in [1.165, 1.54) is 0 Å². The van der Waals surface area contributed by atoms with Crippen molar-refractivity contribution in [3.8, 4) is 0 Å². The molecular formula is C11H17F3N6O. The molecule has 1 rings (SSSR count). The van der Waals surface area contributed by atoms with Crippen LogP contribution >= 0.6 is 0 Å². The van der Waals surface area contributed by atoms with Gasteiger partial charge in [-0.3, -0.25) is 10.2 Å². The summed E-state index contributed by atoms with van der Waals surface area (Å²) in [7, 11) is 0. The Morgan fingerprint density at radius 2 is 1.90 bits per heavy atom. The third kappa shape index (κ3) is 5.81. The summed E-state index contributed by atoms with van der Waals surface area (Å²) in [6.45, 7) is 5.13. The Labute approximate surface area is 119 Å². The zero-order chi connectivity index (χ0) is 16.3. The van der Waals surface area contributed by atoms with Crippen LogP contribution in [0.4, 0.5) is 24.9 Å². The van der Waals surface area contributed by atoms with Crippen molar-refractivity contribution in [1.29, 1.82) is 0 Å². The molecule has 10 heteroatoms. The lowest BCUT2D eigenvalue weighted by Crippen LogP contribution is -2.43. The molecule has 0 unspecified atom stereocenters. The van der Waals surface area contributed by atoms with Crippen LogP contribution in [0.2, 0.25) is 0 Å². The van der Waals surface area contributed by atoms with Gasteiger partial charge in [-0.15, -0.1) is 0 Å². The van der Waals surface area contributed by atoms with Gasteiger partial charge >= 0.3 is 6.18 Å². The van der Waals surface area contributed by atoms with Gasteiger partial charge in [-0.05, 0) is 20.8 Å². The molecular weight excluding hydrogens is 289 g/mol. The van der Waals surface area contributed by atoms with Crippen LogP contribution < -0.4 is 21.9 Å². The van der Waals surface area contributed by atoms with Gasteiger partial charge in [0, 0.05) is 11.6 Å². The predicted octanol–water partition coefficient (Wildman–Crippen LogP) is 1.11. The Bertz CT molecular complexity index is 512. The minimum absolute atomic E-state index is 0.158. The first-order chi connectivity index (χ1) is 9.51. The normalized spacial score (nSPS) is 12.0. The summed E-state index contributed by atoms with van der Waals surface area (Å²) in [6.07, 6.45) is -4.64. The summed E-state index contributed by atoms with van der Waals surface area (Å²) in [6, 6.07) is 0.700. The molecule has 1 aromatic rings. The van der Waals surface area contributed by atoms with Gasteiger partial charge in [0.15, 0.2) is 5.69 Å². The molecule has 0 aliphatic heterocycles. The monoisotopic (exact) mass is 306 g/mol. The first-order valence-corrected chi connectivity index (χ1v) is 5.99. The molecule has 1 amide bonds. The number of hydrazine groups is 1. The number of halogens is 3. The van der Waals surface area contributed by atoms with Crippen LogP contribution in [0.1, 0.15) is 26.5 Å². The highest BCUT2D eigenvalue weighted by Crippen LogP contribution is 2.29. The average molecular weight is 306 g/mol. The van der Waals surface area contributed by atoms with Crippen LogP contribution in [0.25, 0.3) is 0 Å². The maximum absolute atomic E-state index is 12.6. The van der Waals surface area contributed by atoms with Gasteiger partial charge in [0.1, 0.15) is 5.82 Å². The second kappa shape index (κ2) is 6.12. The molecule has 0 saturated heterocycles. The molecule has 0 saturated carbocycles. The van der Waals surface area contributed by atoms with Crippen molar-refractivity contribution in [2.24, 2.45) is 5.84 Å². The van der Waals surface area contributed by atoms with Crippen molar-refractivity contribution >= 4 is 17.7 Å². The predicted molar refractivity (Wildman–Crippen MR) is 71.2 cm³/mol. The molecule has 0 spiro atoms. The van der Waals surface area contributed by atoms with Gasteiger partial charge in [-0.1, -0.05) is 0 Å². The minimum Gasteiger partial charge on any atom is -0.361 e. The lowest BCUT2D eigenvalue weighted by Gasteiger charge is -2.20. The fourth-order valence-electron chi connectivity index (χ4n) is 1.38. The molecule has 0 aliphatic rings. The number of carbonyl (C=O) groups excluding carboxylic acids is 1. The van der Waals surface area contributed by atoms with Crippen molar-refractivity contribution in [2.75, 3.05) is 17.3 Å². The zero-order valence-electron chi connectivity index (χ0n) is 11.8. The third-order valence-electron chi connectivity index (χ3n) is 2.09. The van der Waals surface area contributed by atoms with Crippen molar-refractivity contribution < 1.29 is 18.0 Å². The lowest BCUT2D eigenvalue weighted by molar-refractivity contribution is -0.141. The smallest absolute Gasteiger partial charge is 0.361 e. The molecule has 0 aliphatic carbocycles. The number of alkyl halides is 3. The highest BCUT2D eigenvalue weighted by Gasteiger charge is 2.33. The molecule has 118 valence electrons. The van der Waals surface area contributed by atoms with Crippen LogP contribution in [-0.2, 0) is 11.0 Å². The first-order valence-electron chi connectivity index (χ1n) is 5.99. The number of nitrogens with one attached hydrogen (secondary N) is 3. The maximum atomic E-state index is 12.6. The molecule has 1 aromatic heterocycles. The SMILES string of the molecule is CC(C)(C)NC(=O)CNc1cc(C(F)(F)F)nc(NN)n1. The maximum Gasteiger partial charge on any atom is 0.433 e. The molecule has 0 bridgehead atoms. The van der Waals surface area contributed by atoms with Crippen LogP contribution in [0.5, 0.6) is 0 Å². The van der Waals surface area contributed by atoms with Gasteiger partial charge in [-0.2, -0.15) is 18.2 Å². The van der Waals surface area contributed by atoms with Crippen molar-refractivity contribution in [3.05, 3.63) is 11.8 Å². The molecule has 0 radical (unpaired) electrons. The van der Waals surface area contributed by atoms with E-state index in [0.717, 1.165) is 0 Å². The highest BCUT2D eigenvalue weighted by molar-refractivity contribution is 5.81. The molecule has 0 aromatic carbocycles. The molecule has 7 nitrogen and oxygen atoms in total. The number of amides is 1. The van der Waals surface area contributed by atoms with Gasteiger partial charge in [0.25, 0.3) is 0 Å². The highest BCUT2D eigenvalue weighted by atomic mass is 19.4. The number of carbonyl (C=O) groups is 1. The average Bonchev–Trinajstić information content (AvgIpc) is 2.33. The Morgan fingerprint density at radius 1 is 1.29 bits per heavy atom. The number of rotatable bonds is 4. The van der Waals surface area contributed by atoms with E-state index in [-0.39, 0.29) is 18.3 Å². The second-order valence-corrected chi connectivity index (χ2v) is 5.26. The van der Waals surface area contributed by atoms with Crippen molar-refractivity contribution in [1.82, 2.24) is 15.3 Å². The summed E-state index contributed by atoms with van der Waals surface area (Å²) < 4.78 is 37.9. The number of anilines is 2. The van der Waals surface area contributed by atoms with Gasteiger partial charge in [0.05, 0.1) is 6.54 Å². The summed E-state index contributed by atoms with van der Waals surface area (Å²) in [5.41, 5.74) is 0.341. The topological polar surface area (TPSA) is 105 Å². The molecule has 1 heterocycles. The second-order valence-electron chi connectivity index (χ2n) is 5.26. The Hall–Kier alpha value is -2.10. The van der Waals surface area contributed by atoms with Crippen LogP contribution in [0.15, 0.2) is 6.07 Å². The Morgan fingerprint density at radius 3 is 2.38 bits per heavy atom. The quantitative estimate of drug-likeness (QED) is 0.490. The fraction of sp³-hybridized carbons (Fsp3) is 0.545. The van der Waals surface area contributed by atoms with E-state index in [0.29, 0.717) is 6.07 Å². The van der Waals surface area contributed by atoms with E-state index < -0.39 is 23.4 Å². The summed E-state index contributed by atoms with van der Waals surface area (Å²) >= 11 is 0. The summed E-state index contributed by atoms with van der Waals surface area (Å²) in [5.74, 6) is 4.09. The Balaban J connectivity index is 2.82. The number of nitrogens with two attached hydrogens (primary N) is 1. The van der Waals surface area contributed by atoms with Gasteiger partial charge < -0.3 is 10.6 Å². The first kappa shape index (κ1) is 17.0. The Kier molecular flexibility index (Phi) is 4.94. The van der Waals surface area contributed by atoms with Crippen LogP contribution in [0.3, 0.4) is 0 Å². The summed E-state index contributed by atoms with van der Waals surface area (Å²) in [4.78, 5) is 18.5. The van der Waals surface area contributed by atoms with E-state index in [1.807, 2.05) is 5.43 Å². The molecule has 0 fully saturated rings. The van der Waals surface area contributed by atoms with E-state index in [2.05, 4.69) is 20.6 Å². The number of aromatic nitrogens is 2. The third-order valence-corrected chi connectivity index (χ3v) is 2.09. The van der Waals surface area contributed by atoms with Gasteiger partial charge in [0.2, 0.25) is 11.9 Å². The standard InChI is InChI=1S/C11H17F3N6O/c1-10(2,3)19-8(21)5-16-7-4-6(11(12,13)14)17-9(18-7)20-15/h4H,5,15H2,1-3H3,(H,19,21)(H2,16,17,18,20). The van der Waals surface area contributed by atoms with Crippen molar-refractivity contribution in [3.63, 3.8) is 0 Å². The largest absolute Gasteiger partial charge is 0.433 e. The zero-order valence-corrected chi connectivity index (χ0v) is 11.8. The van der Waals surface area contributed by atoms with Crippen LogP contribution in [0, 0.1) is 0 Å². The van der Waals surface area contributed by atoms with E-state index in [9.17, 15) is 18.0 Å². The molecule has 21 heavy (non-hydrogen) atoms. The van der Waals surface area contributed by atoms with Crippen LogP contribution in [-0.4, -0.2) is 28.0 Å². The fourth-order valence-corrected chi connectivity index (χ4v) is 1.38. The van der Waals surface area contributed by atoms with Gasteiger partial charge in [-0.25, -0.2) is 10.8 Å². The minimum atomic E-state index is -4.64.